The predicted octanol–water partition coefficient (Wildman–Crippen LogP) is 4.09. The zero-order valence-electron chi connectivity index (χ0n) is 12.3. The third-order valence-corrected chi connectivity index (χ3v) is 4.77. The number of hydrogen-bond acceptors (Lipinski definition) is 2. The van der Waals surface area contributed by atoms with Crippen LogP contribution in [0.2, 0.25) is 0 Å². The van der Waals surface area contributed by atoms with E-state index in [-0.39, 0.29) is 24.2 Å². The third-order valence-electron chi connectivity index (χ3n) is 4.27. The highest BCUT2D eigenvalue weighted by molar-refractivity contribution is 9.10. The van der Waals surface area contributed by atoms with Crippen LogP contribution < -0.4 is 5.32 Å². The SMILES string of the molecule is O=C(CNC(=O)C1CCCC1)c1ccc2cc(Br)ccc2c1. The number of hydrogen-bond donors (Lipinski definition) is 1. The van der Waals surface area contributed by atoms with Gasteiger partial charge in [0, 0.05) is 16.0 Å². The van der Waals surface area contributed by atoms with Crippen molar-refractivity contribution in [1.29, 1.82) is 0 Å². The van der Waals surface area contributed by atoms with Crippen LogP contribution in [0.5, 0.6) is 0 Å². The Hall–Kier alpha value is -1.68. The summed E-state index contributed by atoms with van der Waals surface area (Å²) in [6.45, 7) is 0.0807. The summed E-state index contributed by atoms with van der Waals surface area (Å²) in [7, 11) is 0. The monoisotopic (exact) mass is 359 g/mol. The van der Waals surface area contributed by atoms with Crippen molar-refractivity contribution in [3.8, 4) is 0 Å². The second-order valence-corrected chi connectivity index (χ2v) is 6.74. The molecule has 114 valence electrons. The van der Waals surface area contributed by atoms with E-state index in [0.29, 0.717) is 5.56 Å². The molecule has 3 nitrogen and oxygen atoms in total. The number of benzene rings is 2. The second-order valence-electron chi connectivity index (χ2n) is 5.83. The Kier molecular flexibility index (Phi) is 4.57. The van der Waals surface area contributed by atoms with Crippen LogP contribution in [-0.2, 0) is 4.79 Å². The summed E-state index contributed by atoms with van der Waals surface area (Å²) in [5, 5.41) is 4.89. The number of ketones is 1. The Morgan fingerprint density at radius 2 is 1.73 bits per heavy atom. The largest absolute Gasteiger partial charge is 0.348 e. The fourth-order valence-corrected chi connectivity index (χ4v) is 3.37. The van der Waals surface area contributed by atoms with Gasteiger partial charge in [-0.3, -0.25) is 9.59 Å². The van der Waals surface area contributed by atoms with Crippen molar-refractivity contribution in [2.45, 2.75) is 25.7 Å². The quantitative estimate of drug-likeness (QED) is 0.835. The average molecular weight is 360 g/mol. The topological polar surface area (TPSA) is 46.2 Å². The van der Waals surface area contributed by atoms with Crippen LogP contribution in [0.15, 0.2) is 40.9 Å². The molecule has 1 aliphatic rings. The normalized spacial score (nSPS) is 15.1. The summed E-state index contributed by atoms with van der Waals surface area (Å²) in [6.07, 6.45) is 4.13. The smallest absolute Gasteiger partial charge is 0.223 e. The van der Waals surface area contributed by atoms with Crippen LogP contribution in [0.3, 0.4) is 0 Å². The Bertz CT molecular complexity index is 720. The van der Waals surface area contributed by atoms with Gasteiger partial charge in [0.05, 0.1) is 6.54 Å². The van der Waals surface area contributed by atoms with Gasteiger partial charge in [-0.1, -0.05) is 47.0 Å². The molecule has 0 unspecified atom stereocenters. The van der Waals surface area contributed by atoms with Crippen molar-refractivity contribution >= 4 is 38.4 Å². The number of nitrogens with one attached hydrogen (secondary N) is 1. The van der Waals surface area contributed by atoms with E-state index >= 15 is 0 Å². The van der Waals surface area contributed by atoms with E-state index in [1.54, 1.807) is 0 Å². The highest BCUT2D eigenvalue weighted by Gasteiger charge is 2.22. The van der Waals surface area contributed by atoms with Crippen LogP contribution in [0.1, 0.15) is 36.0 Å². The van der Waals surface area contributed by atoms with E-state index in [1.807, 2.05) is 36.4 Å². The number of amides is 1. The first-order valence-corrected chi connectivity index (χ1v) is 8.43. The van der Waals surface area contributed by atoms with Crippen molar-refractivity contribution in [1.82, 2.24) is 5.32 Å². The zero-order chi connectivity index (χ0) is 15.5. The van der Waals surface area contributed by atoms with E-state index < -0.39 is 0 Å². The molecular formula is C18H18BrNO2. The summed E-state index contributed by atoms with van der Waals surface area (Å²) < 4.78 is 1.02. The standard InChI is InChI=1S/C18H18BrNO2/c19-16-8-7-13-9-15(6-5-14(13)10-16)17(21)11-20-18(22)12-3-1-2-4-12/h5-10,12H,1-4,11H2,(H,20,22). The van der Waals surface area contributed by atoms with E-state index in [2.05, 4.69) is 21.2 Å². The molecular weight excluding hydrogens is 342 g/mol. The van der Waals surface area contributed by atoms with E-state index in [4.69, 9.17) is 0 Å². The lowest BCUT2D eigenvalue weighted by atomic mass is 10.0. The zero-order valence-corrected chi connectivity index (χ0v) is 13.9. The minimum absolute atomic E-state index is 0.0237. The Labute approximate surface area is 138 Å². The molecule has 0 saturated heterocycles. The molecule has 2 aromatic rings. The van der Waals surface area contributed by atoms with Crippen LogP contribution in [0, 0.1) is 5.92 Å². The number of carbonyl (C=O) groups excluding carboxylic acids is 2. The molecule has 2 aromatic carbocycles. The molecule has 3 rings (SSSR count). The fraction of sp³-hybridized carbons (Fsp3) is 0.333. The molecule has 1 fully saturated rings. The molecule has 4 heteroatoms. The van der Waals surface area contributed by atoms with E-state index in [1.165, 1.54) is 0 Å². The van der Waals surface area contributed by atoms with Crippen molar-refractivity contribution in [3.05, 3.63) is 46.4 Å². The minimum Gasteiger partial charge on any atom is -0.348 e. The molecule has 0 atom stereocenters. The molecule has 1 amide bonds. The summed E-state index contributed by atoms with van der Waals surface area (Å²) in [4.78, 5) is 24.2. The van der Waals surface area contributed by atoms with E-state index in [0.717, 1.165) is 40.9 Å². The number of rotatable bonds is 4. The van der Waals surface area contributed by atoms with Crippen molar-refractivity contribution in [2.75, 3.05) is 6.54 Å². The Balaban J connectivity index is 1.66. The lowest BCUT2D eigenvalue weighted by molar-refractivity contribution is -0.124. The molecule has 1 saturated carbocycles. The third kappa shape index (κ3) is 3.38. The lowest BCUT2D eigenvalue weighted by Crippen LogP contribution is -2.33. The second kappa shape index (κ2) is 6.61. The van der Waals surface area contributed by atoms with Gasteiger partial charge in [0.25, 0.3) is 0 Å². The van der Waals surface area contributed by atoms with E-state index in [9.17, 15) is 9.59 Å². The van der Waals surface area contributed by atoms with Gasteiger partial charge in [-0.05, 0) is 41.8 Å². The van der Waals surface area contributed by atoms with Gasteiger partial charge >= 0.3 is 0 Å². The maximum Gasteiger partial charge on any atom is 0.223 e. The number of fused-ring (bicyclic) bond motifs is 1. The molecule has 1 N–H and O–H groups in total. The molecule has 0 aliphatic heterocycles. The van der Waals surface area contributed by atoms with Crippen molar-refractivity contribution < 1.29 is 9.59 Å². The van der Waals surface area contributed by atoms with Gasteiger partial charge < -0.3 is 5.32 Å². The van der Waals surface area contributed by atoms with Gasteiger partial charge in [-0.2, -0.15) is 0 Å². The lowest BCUT2D eigenvalue weighted by Gasteiger charge is -2.10. The summed E-state index contributed by atoms with van der Waals surface area (Å²) in [6, 6.07) is 11.6. The average Bonchev–Trinajstić information content (AvgIpc) is 3.06. The van der Waals surface area contributed by atoms with Gasteiger partial charge in [0.1, 0.15) is 0 Å². The Morgan fingerprint density at radius 3 is 2.50 bits per heavy atom. The first kappa shape index (κ1) is 15.2. The van der Waals surface area contributed by atoms with Gasteiger partial charge in [-0.15, -0.1) is 0 Å². The van der Waals surface area contributed by atoms with Gasteiger partial charge in [0.15, 0.2) is 5.78 Å². The molecule has 22 heavy (non-hydrogen) atoms. The molecule has 0 spiro atoms. The number of carbonyl (C=O) groups is 2. The Morgan fingerprint density at radius 1 is 1.05 bits per heavy atom. The number of halogens is 1. The summed E-state index contributed by atoms with van der Waals surface area (Å²) >= 11 is 3.44. The van der Waals surface area contributed by atoms with Crippen molar-refractivity contribution in [3.63, 3.8) is 0 Å². The first-order chi connectivity index (χ1) is 10.6. The van der Waals surface area contributed by atoms with Crippen LogP contribution in [0.25, 0.3) is 10.8 Å². The van der Waals surface area contributed by atoms with Crippen LogP contribution in [0.4, 0.5) is 0 Å². The highest BCUT2D eigenvalue weighted by atomic mass is 79.9. The molecule has 0 aromatic heterocycles. The first-order valence-electron chi connectivity index (χ1n) is 7.64. The fourth-order valence-electron chi connectivity index (χ4n) is 2.99. The van der Waals surface area contributed by atoms with Gasteiger partial charge in [-0.25, -0.2) is 0 Å². The van der Waals surface area contributed by atoms with Crippen LogP contribution in [-0.4, -0.2) is 18.2 Å². The maximum atomic E-state index is 12.3. The van der Waals surface area contributed by atoms with Crippen molar-refractivity contribution in [2.24, 2.45) is 5.92 Å². The minimum atomic E-state index is -0.0452. The van der Waals surface area contributed by atoms with Crippen LogP contribution >= 0.6 is 15.9 Å². The molecule has 0 radical (unpaired) electrons. The summed E-state index contributed by atoms with van der Waals surface area (Å²) in [5.41, 5.74) is 0.640. The molecule has 0 bridgehead atoms. The molecule has 0 heterocycles. The van der Waals surface area contributed by atoms with Gasteiger partial charge in [0.2, 0.25) is 5.91 Å². The predicted molar refractivity (Wildman–Crippen MR) is 90.9 cm³/mol. The summed E-state index contributed by atoms with van der Waals surface area (Å²) in [5.74, 6) is 0.0773. The molecule has 1 aliphatic carbocycles. The maximum absolute atomic E-state index is 12.3. The highest BCUT2D eigenvalue weighted by Crippen LogP contribution is 2.24. The number of Topliss-reactive ketones (excluding diaryl/α,β-unsaturated/α-hetero) is 1.